The molecular formula is C17H15ClN2. The molecule has 2 nitrogen and oxygen atoms in total. The second-order valence-electron chi connectivity index (χ2n) is 5.19. The maximum absolute atomic E-state index is 6.31. The number of hydrogen-bond acceptors (Lipinski definition) is 2. The van der Waals surface area contributed by atoms with Crippen LogP contribution in [0.4, 0.5) is 0 Å². The molecule has 0 aliphatic carbocycles. The first kappa shape index (κ1) is 13.1. The average molecular weight is 283 g/mol. The summed E-state index contributed by atoms with van der Waals surface area (Å²) in [5, 5.41) is 1.41. The van der Waals surface area contributed by atoms with Gasteiger partial charge in [0.25, 0.3) is 0 Å². The molecule has 0 spiro atoms. The van der Waals surface area contributed by atoms with Crippen LogP contribution in [0, 0.1) is 20.8 Å². The number of rotatable bonds is 1. The summed E-state index contributed by atoms with van der Waals surface area (Å²) < 4.78 is 0. The molecule has 0 fully saturated rings. The van der Waals surface area contributed by atoms with Crippen LogP contribution in [0.1, 0.15) is 16.7 Å². The van der Waals surface area contributed by atoms with Gasteiger partial charge in [-0.15, -0.1) is 0 Å². The number of aromatic nitrogens is 2. The molecular weight excluding hydrogens is 268 g/mol. The molecule has 1 aromatic heterocycles. The molecule has 3 heteroatoms. The lowest BCUT2D eigenvalue weighted by Crippen LogP contribution is -1.94. The van der Waals surface area contributed by atoms with E-state index in [1.807, 2.05) is 25.1 Å². The highest BCUT2D eigenvalue weighted by molar-refractivity contribution is 6.34. The molecule has 0 unspecified atom stereocenters. The van der Waals surface area contributed by atoms with E-state index in [0.29, 0.717) is 11.0 Å². The Labute approximate surface area is 123 Å². The summed E-state index contributed by atoms with van der Waals surface area (Å²) in [5.74, 6) is 0.684. The van der Waals surface area contributed by atoms with Gasteiger partial charge in [-0.2, -0.15) is 0 Å². The molecule has 0 saturated carbocycles. The number of nitrogens with zero attached hydrogens (tertiary/aromatic N) is 2. The highest BCUT2D eigenvalue weighted by atomic mass is 35.5. The summed E-state index contributed by atoms with van der Waals surface area (Å²) in [5.41, 5.74) is 5.43. The Morgan fingerprint density at radius 3 is 2.30 bits per heavy atom. The van der Waals surface area contributed by atoms with Gasteiger partial charge in [0.15, 0.2) is 5.82 Å². The van der Waals surface area contributed by atoms with Crippen LogP contribution < -0.4 is 0 Å². The van der Waals surface area contributed by atoms with E-state index < -0.39 is 0 Å². The molecule has 3 aromatic rings. The molecule has 0 N–H and O–H groups in total. The minimum absolute atomic E-state index is 0.507. The van der Waals surface area contributed by atoms with Crippen LogP contribution in [-0.4, -0.2) is 9.97 Å². The minimum Gasteiger partial charge on any atom is -0.228 e. The molecule has 20 heavy (non-hydrogen) atoms. The van der Waals surface area contributed by atoms with Crippen molar-refractivity contribution in [3.05, 3.63) is 58.2 Å². The van der Waals surface area contributed by atoms with E-state index in [1.54, 1.807) is 0 Å². The van der Waals surface area contributed by atoms with Crippen LogP contribution >= 0.6 is 11.6 Å². The van der Waals surface area contributed by atoms with Crippen molar-refractivity contribution in [1.82, 2.24) is 9.97 Å². The predicted molar refractivity (Wildman–Crippen MR) is 84.2 cm³/mol. The first-order valence-electron chi connectivity index (χ1n) is 6.56. The largest absolute Gasteiger partial charge is 0.228 e. The highest BCUT2D eigenvalue weighted by Crippen LogP contribution is 2.27. The number of para-hydroxylation sites is 1. The molecule has 0 aliphatic rings. The van der Waals surface area contributed by atoms with Gasteiger partial charge in [-0.05, 0) is 44.5 Å². The van der Waals surface area contributed by atoms with Crippen molar-refractivity contribution in [2.75, 3.05) is 0 Å². The molecule has 0 atom stereocenters. The summed E-state index contributed by atoms with van der Waals surface area (Å²) in [7, 11) is 0. The highest BCUT2D eigenvalue weighted by Gasteiger charge is 2.10. The van der Waals surface area contributed by atoms with Gasteiger partial charge in [-0.3, -0.25) is 0 Å². The first-order valence-corrected chi connectivity index (χ1v) is 6.94. The Balaban J connectivity index is 2.29. The van der Waals surface area contributed by atoms with E-state index in [0.717, 1.165) is 22.0 Å². The van der Waals surface area contributed by atoms with Gasteiger partial charge in [-0.1, -0.05) is 40.9 Å². The van der Waals surface area contributed by atoms with E-state index in [2.05, 4.69) is 37.0 Å². The number of halogens is 1. The maximum Gasteiger partial charge on any atom is 0.161 e. The van der Waals surface area contributed by atoms with Crippen LogP contribution in [0.2, 0.25) is 5.15 Å². The maximum atomic E-state index is 6.31. The zero-order valence-electron chi connectivity index (χ0n) is 11.7. The zero-order chi connectivity index (χ0) is 14.3. The molecule has 2 aromatic carbocycles. The quantitative estimate of drug-likeness (QED) is 0.595. The van der Waals surface area contributed by atoms with Gasteiger partial charge < -0.3 is 0 Å². The summed E-state index contributed by atoms with van der Waals surface area (Å²) in [6, 6.07) is 12.3. The van der Waals surface area contributed by atoms with Crippen molar-refractivity contribution in [2.45, 2.75) is 20.8 Å². The predicted octanol–water partition coefficient (Wildman–Crippen LogP) is 4.88. The van der Waals surface area contributed by atoms with Gasteiger partial charge >= 0.3 is 0 Å². The second kappa shape index (κ2) is 4.88. The third kappa shape index (κ3) is 2.27. The van der Waals surface area contributed by atoms with Crippen LogP contribution in [0.25, 0.3) is 22.3 Å². The van der Waals surface area contributed by atoms with Gasteiger partial charge in [0.2, 0.25) is 0 Å². The SMILES string of the molecule is Cc1cc(C)cc(-c2nc(Cl)c3cccc(C)c3n2)c1. The topological polar surface area (TPSA) is 25.8 Å². The Hall–Kier alpha value is -1.93. The zero-order valence-corrected chi connectivity index (χ0v) is 12.5. The van der Waals surface area contributed by atoms with E-state index in [4.69, 9.17) is 16.6 Å². The van der Waals surface area contributed by atoms with Crippen molar-refractivity contribution < 1.29 is 0 Å². The van der Waals surface area contributed by atoms with Crippen molar-refractivity contribution in [3.8, 4) is 11.4 Å². The van der Waals surface area contributed by atoms with Crippen molar-refractivity contribution in [2.24, 2.45) is 0 Å². The van der Waals surface area contributed by atoms with Crippen LogP contribution in [0.15, 0.2) is 36.4 Å². The summed E-state index contributed by atoms with van der Waals surface area (Å²) in [6.45, 7) is 6.19. The monoisotopic (exact) mass is 282 g/mol. The molecule has 0 aliphatic heterocycles. The summed E-state index contributed by atoms with van der Waals surface area (Å²) in [6.07, 6.45) is 0. The second-order valence-corrected chi connectivity index (χ2v) is 5.54. The average Bonchev–Trinajstić information content (AvgIpc) is 2.38. The van der Waals surface area contributed by atoms with Crippen LogP contribution in [-0.2, 0) is 0 Å². The lowest BCUT2D eigenvalue weighted by molar-refractivity contribution is 1.21. The van der Waals surface area contributed by atoms with Crippen molar-refractivity contribution >= 4 is 22.5 Å². The summed E-state index contributed by atoms with van der Waals surface area (Å²) >= 11 is 6.31. The molecule has 0 bridgehead atoms. The lowest BCUT2D eigenvalue weighted by atomic mass is 10.1. The number of benzene rings is 2. The minimum atomic E-state index is 0.507. The third-order valence-electron chi connectivity index (χ3n) is 3.36. The van der Waals surface area contributed by atoms with Crippen LogP contribution in [0.3, 0.4) is 0 Å². The number of aryl methyl sites for hydroxylation is 3. The van der Waals surface area contributed by atoms with Gasteiger partial charge in [0.1, 0.15) is 5.15 Å². The first-order chi connectivity index (χ1) is 9.54. The molecule has 0 saturated heterocycles. The molecule has 100 valence electrons. The Morgan fingerprint density at radius 1 is 0.900 bits per heavy atom. The van der Waals surface area contributed by atoms with Gasteiger partial charge in [0.05, 0.1) is 5.52 Å². The summed E-state index contributed by atoms with van der Waals surface area (Å²) in [4.78, 5) is 9.14. The van der Waals surface area contributed by atoms with Crippen molar-refractivity contribution in [3.63, 3.8) is 0 Å². The number of hydrogen-bond donors (Lipinski definition) is 0. The lowest BCUT2D eigenvalue weighted by Gasteiger charge is -2.08. The van der Waals surface area contributed by atoms with E-state index >= 15 is 0 Å². The van der Waals surface area contributed by atoms with E-state index in [-0.39, 0.29) is 0 Å². The van der Waals surface area contributed by atoms with Crippen LogP contribution in [0.5, 0.6) is 0 Å². The van der Waals surface area contributed by atoms with Crippen molar-refractivity contribution in [1.29, 1.82) is 0 Å². The number of fused-ring (bicyclic) bond motifs is 1. The molecule has 0 radical (unpaired) electrons. The molecule has 1 heterocycles. The third-order valence-corrected chi connectivity index (χ3v) is 3.65. The fraction of sp³-hybridized carbons (Fsp3) is 0.176. The smallest absolute Gasteiger partial charge is 0.161 e. The normalized spacial score (nSPS) is 11.0. The van der Waals surface area contributed by atoms with E-state index in [9.17, 15) is 0 Å². The van der Waals surface area contributed by atoms with Gasteiger partial charge in [0, 0.05) is 10.9 Å². The Kier molecular flexibility index (Phi) is 3.19. The van der Waals surface area contributed by atoms with Gasteiger partial charge in [-0.25, -0.2) is 9.97 Å². The Morgan fingerprint density at radius 2 is 1.60 bits per heavy atom. The molecule has 0 amide bonds. The fourth-order valence-electron chi connectivity index (χ4n) is 2.49. The molecule has 3 rings (SSSR count). The standard InChI is InChI=1S/C17H15ClN2/c1-10-7-11(2)9-13(8-10)17-19-15-12(3)5-4-6-14(15)16(18)20-17/h4-9H,1-3H3. The fourth-order valence-corrected chi connectivity index (χ4v) is 2.72. The van der Waals surface area contributed by atoms with E-state index in [1.165, 1.54) is 11.1 Å². The Bertz CT molecular complexity index is 789.